The number of pyridine rings is 1. The minimum absolute atomic E-state index is 0.0259. The molecule has 6 rings (SSSR count). The maximum absolute atomic E-state index is 15.2. The van der Waals surface area contributed by atoms with E-state index in [-0.39, 0.29) is 47.9 Å². The van der Waals surface area contributed by atoms with Gasteiger partial charge in [-0.25, -0.2) is 14.2 Å². The number of piperazine rings is 1. The zero-order valence-electron chi connectivity index (χ0n) is 22.8. The lowest BCUT2D eigenvalue weighted by atomic mass is 9.94. The quantitative estimate of drug-likeness (QED) is 0.458. The first-order valence-electron chi connectivity index (χ1n) is 13.6. The Morgan fingerprint density at radius 2 is 1.93 bits per heavy atom. The summed E-state index contributed by atoms with van der Waals surface area (Å²) in [5, 5.41) is 0.0584. The third kappa shape index (κ3) is 4.82. The minimum Gasteiger partial charge on any atom is -0.461 e. The second-order valence-corrected chi connectivity index (χ2v) is 12.7. The first kappa shape index (κ1) is 27.3. The van der Waals surface area contributed by atoms with Gasteiger partial charge in [0, 0.05) is 37.9 Å². The van der Waals surface area contributed by atoms with Crippen molar-refractivity contribution < 1.29 is 27.4 Å². The van der Waals surface area contributed by atoms with Crippen molar-refractivity contribution in [1.82, 2.24) is 24.8 Å². The highest BCUT2D eigenvalue weighted by atomic mass is 35.5. The van der Waals surface area contributed by atoms with E-state index in [0.717, 1.165) is 19.3 Å². The number of halogens is 4. The third-order valence-corrected chi connectivity index (χ3v) is 8.66. The van der Waals surface area contributed by atoms with E-state index in [4.69, 9.17) is 21.1 Å². The van der Waals surface area contributed by atoms with Crippen LogP contribution < -0.4 is 9.64 Å². The molecule has 0 bridgehead atoms. The molecule has 0 N–H and O–H groups in total. The van der Waals surface area contributed by atoms with Gasteiger partial charge in [-0.1, -0.05) is 11.6 Å². The number of carbonyl (C=O) groups excluding carboxylic acids is 1. The van der Waals surface area contributed by atoms with E-state index in [0.29, 0.717) is 43.8 Å². The molecule has 0 aromatic carbocycles. The summed E-state index contributed by atoms with van der Waals surface area (Å²) in [6.45, 7) is 7.85. The Labute approximate surface area is 235 Å². The van der Waals surface area contributed by atoms with Crippen LogP contribution in [0.3, 0.4) is 0 Å². The van der Waals surface area contributed by atoms with Crippen molar-refractivity contribution in [2.45, 2.75) is 69.6 Å². The summed E-state index contributed by atoms with van der Waals surface area (Å²) in [6.07, 6.45) is 2.89. The van der Waals surface area contributed by atoms with Crippen LogP contribution in [0.5, 0.6) is 6.01 Å². The second kappa shape index (κ2) is 9.61. The predicted octanol–water partition coefficient (Wildman–Crippen LogP) is 5.17. The molecule has 3 aliphatic heterocycles. The van der Waals surface area contributed by atoms with Gasteiger partial charge in [0.25, 0.3) is 6.08 Å². The summed E-state index contributed by atoms with van der Waals surface area (Å²) in [4.78, 5) is 31.7. The Morgan fingerprint density at radius 3 is 2.62 bits per heavy atom. The molecule has 2 aromatic rings. The molecule has 1 aliphatic carbocycles. The first-order valence-corrected chi connectivity index (χ1v) is 14.0. The summed E-state index contributed by atoms with van der Waals surface area (Å²) in [5.74, 6) is -0.354. The Morgan fingerprint density at radius 1 is 1.15 bits per heavy atom. The monoisotopic (exact) mass is 580 g/mol. The summed E-state index contributed by atoms with van der Waals surface area (Å²) in [5.41, 5.74) is -1.47. The smallest absolute Gasteiger partial charge is 0.410 e. The molecule has 2 aromatic heterocycles. The third-order valence-electron chi connectivity index (χ3n) is 8.40. The van der Waals surface area contributed by atoms with Gasteiger partial charge in [-0.05, 0) is 59.4 Å². The molecule has 1 spiro atoms. The molecule has 216 valence electrons. The first-order chi connectivity index (χ1) is 18.9. The van der Waals surface area contributed by atoms with Gasteiger partial charge in [0.1, 0.15) is 23.5 Å². The van der Waals surface area contributed by atoms with Gasteiger partial charge in [0.2, 0.25) is 0 Å². The van der Waals surface area contributed by atoms with Crippen LogP contribution in [0.4, 0.5) is 23.8 Å². The standard InChI is InChI=1S/C27H32ClF3N6O3/c1-25(2,3)40-24(38)37-10-9-35(14-26(37)6-7-26)22-17-12-32-20(28)18(29)19(17)33-23(34-22)39-15-27-5-4-8-36(27)13-16(11-27)21(30)31/h12H,4-11,13-15H2,1-3H3. The fraction of sp³-hybridized carbons (Fsp3) is 0.630. The lowest BCUT2D eigenvalue weighted by Crippen LogP contribution is -2.58. The van der Waals surface area contributed by atoms with Gasteiger partial charge < -0.3 is 14.4 Å². The number of fused-ring (bicyclic) bond motifs is 2. The van der Waals surface area contributed by atoms with Crippen molar-refractivity contribution in [3.05, 3.63) is 28.8 Å². The van der Waals surface area contributed by atoms with Crippen LogP contribution >= 0.6 is 11.6 Å². The van der Waals surface area contributed by atoms with Crippen LogP contribution in [-0.2, 0) is 4.74 Å². The van der Waals surface area contributed by atoms with Crippen LogP contribution in [0.25, 0.3) is 10.9 Å². The highest BCUT2D eigenvalue weighted by molar-refractivity contribution is 6.30. The molecule has 4 fully saturated rings. The Bertz CT molecular complexity index is 1390. The van der Waals surface area contributed by atoms with E-state index in [9.17, 15) is 13.6 Å². The Kier molecular flexibility index (Phi) is 6.56. The molecule has 1 unspecified atom stereocenters. The Hall–Kier alpha value is -2.86. The molecule has 4 aliphatic rings. The number of anilines is 1. The topological polar surface area (TPSA) is 83.9 Å². The van der Waals surface area contributed by atoms with Gasteiger partial charge in [0.05, 0.1) is 16.5 Å². The molecule has 1 atom stereocenters. The SMILES string of the molecule is CC(C)(C)OC(=O)N1CCN(c2nc(OCC34CCCN3CC(=C(F)F)C4)nc3c(F)c(Cl)ncc23)CC12CC2. The molecule has 1 amide bonds. The number of rotatable bonds is 4. The van der Waals surface area contributed by atoms with Crippen LogP contribution in [0.15, 0.2) is 17.9 Å². The summed E-state index contributed by atoms with van der Waals surface area (Å²) >= 11 is 6.00. The number of carbonyl (C=O) groups is 1. The fourth-order valence-corrected chi connectivity index (χ4v) is 6.44. The summed E-state index contributed by atoms with van der Waals surface area (Å²) in [6, 6.07) is -0.0533. The van der Waals surface area contributed by atoms with E-state index in [1.807, 2.05) is 30.6 Å². The lowest BCUT2D eigenvalue weighted by molar-refractivity contribution is 0.0106. The molecule has 13 heteroatoms. The molecular formula is C27H32ClF3N6O3. The minimum atomic E-state index is -1.64. The molecule has 3 saturated heterocycles. The number of amides is 1. The number of ether oxygens (including phenoxy) is 2. The van der Waals surface area contributed by atoms with E-state index in [1.54, 1.807) is 4.90 Å². The van der Waals surface area contributed by atoms with Crippen molar-refractivity contribution in [3.8, 4) is 6.01 Å². The zero-order chi connectivity index (χ0) is 28.4. The number of aromatic nitrogens is 3. The van der Waals surface area contributed by atoms with E-state index in [1.165, 1.54) is 6.20 Å². The second-order valence-electron chi connectivity index (χ2n) is 12.3. The fourth-order valence-electron chi connectivity index (χ4n) is 6.30. The highest BCUT2D eigenvalue weighted by Gasteiger charge is 2.55. The van der Waals surface area contributed by atoms with E-state index < -0.39 is 28.6 Å². The van der Waals surface area contributed by atoms with Crippen molar-refractivity contribution in [2.75, 3.05) is 44.2 Å². The lowest BCUT2D eigenvalue weighted by Gasteiger charge is -2.43. The summed E-state index contributed by atoms with van der Waals surface area (Å²) in [7, 11) is 0. The highest BCUT2D eigenvalue weighted by Crippen LogP contribution is 2.47. The average molecular weight is 581 g/mol. The number of hydrogen-bond acceptors (Lipinski definition) is 8. The van der Waals surface area contributed by atoms with Crippen molar-refractivity contribution in [2.24, 2.45) is 0 Å². The Balaban J connectivity index is 1.29. The van der Waals surface area contributed by atoms with E-state index in [2.05, 4.69) is 15.0 Å². The molecular weight excluding hydrogens is 549 g/mol. The molecule has 9 nitrogen and oxygen atoms in total. The van der Waals surface area contributed by atoms with Crippen molar-refractivity contribution in [3.63, 3.8) is 0 Å². The van der Waals surface area contributed by atoms with Crippen LogP contribution in [0.2, 0.25) is 5.15 Å². The number of nitrogens with zero attached hydrogens (tertiary/aromatic N) is 6. The van der Waals surface area contributed by atoms with Crippen LogP contribution in [0.1, 0.15) is 52.9 Å². The predicted molar refractivity (Wildman–Crippen MR) is 142 cm³/mol. The van der Waals surface area contributed by atoms with Crippen LogP contribution in [-0.4, -0.2) is 86.9 Å². The van der Waals surface area contributed by atoms with Gasteiger partial charge in [-0.3, -0.25) is 9.80 Å². The molecule has 40 heavy (non-hydrogen) atoms. The maximum Gasteiger partial charge on any atom is 0.410 e. The van der Waals surface area contributed by atoms with Crippen LogP contribution in [0, 0.1) is 5.82 Å². The van der Waals surface area contributed by atoms with E-state index >= 15 is 4.39 Å². The molecule has 5 heterocycles. The van der Waals surface area contributed by atoms with Gasteiger partial charge in [-0.2, -0.15) is 18.7 Å². The van der Waals surface area contributed by atoms with Crippen molar-refractivity contribution >= 4 is 34.4 Å². The molecule has 0 radical (unpaired) electrons. The number of hydrogen-bond donors (Lipinski definition) is 0. The van der Waals surface area contributed by atoms with Crippen molar-refractivity contribution in [1.29, 1.82) is 0 Å². The molecule has 1 saturated carbocycles. The maximum atomic E-state index is 15.2. The normalized spacial score (nSPS) is 24.1. The van der Waals surface area contributed by atoms with Gasteiger partial charge in [-0.15, -0.1) is 0 Å². The average Bonchev–Trinajstić information content (AvgIpc) is 3.36. The summed E-state index contributed by atoms with van der Waals surface area (Å²) < 4.78 is 53.7. The largest absolute Gasteiger partial charge is 0.461 e. The van der Waals surface area contributed by atoms with Gasteiger partial charge in [0.15, 0.2) is 11.0 Å². The zero-order valence-corrected chi connectivity index (χ0v) is 23.5. The van der Waals surface area contributed by atoms with Gasteiger partial charge >= 0.3 is 12.1 Å².